The number of fused-ring (bicyclic) bond motifs is 1. The number of rotatable bonds is 4. The van der Waals surface area contributed by atoms with E-state index in [0.717, 1.165) is 10.2 Å². The summed E-state index contributed by atoms with van der Waals surface area (Å²) >= 11 is 7.23. The Morgan fingerprint density at radius 1 is 1.38 bits per heavy atom. The minimum atomic E-state index is -0.456. The normalized spacial score (nSPS) is 13.5. The molecule has 1 aliphatic rings. The zero-order valence-corrected chi connectivity index (χ0v) is 15.9. The summed E-state index contributed by atoms with van der Waals surface area (Å²) in [5.74, 6) is -0.248. The molecule has 0 fully saturated rings. The molecule has 26 heavy (non-hydrogen) atoms. The van der Waals surface area contributed by atoms with Gasteiger partial charge < -0.3 is 10.2 Å². The van der Waals surface area contributed by atoms with E-state index in [1.54, 1.807) is 25.1 Å². The summed E-state index contributed by atoms with van der Waals surface area (Å²) < 4.78 is 1.07. The Morgan fingerprint density at radius 2 is 2.15 bits per heavy atom. The number of hydrogen-bond acceptors (Lipinski definition) is 5. The maximum absolute atomic E-state index is 12.7. The number of nitrogens with zero attached hydrogens (tertiary/aromatic N) is 3. The van der Waals surface area contributed by atoms with Crippen LogP contribution in [0.5, 0.6) is 0 Å². The van der Waals surface area contributed by atoms with E-state index in [4.69, 9.17) is 11.6 Å². The molecule has 0 unspecified atom stereocenters. The molecule has 1 aromatic heterocycles. The Labute approximate surface area is 159 Å². The highest BCUT2D eigenvalue weighted by Crippen LogP contribution is 2.31. The summed E-state index contributed by atoms with van der Waals surface area (Å²) in [4.78, 5) is 39.2. The van der Waals surface area contributed by atoms with E-state index < -0.39 is 11.5 Å². The Balaban J connectivity index is 1.86. The summed E-state index contributed by atoms with van der Waals surface area (Å²) in [5, 5.41) is 7.30. The van der Waals surface area contributed by atoms with Gasteiger partial charge in [0.25, 0.3) is 5.56 Å². The number of thioether (sulfide) groups is 1. The van der Waals surface area contributed by atoms with Gasteiger partial charge in [0.05, 0.1) is 16.8 Å². The molecule has 2 heterocycles. The number of carbonyl (C=O) groups excluding carboxylic acids is 2. The summed E-state index contributed by atoms with van der Waals surface area (Å²) in [6, 6.07) is 5.17. The maximum atomic E-state index is 12.7. The number of hydrogen-bond donors (Lipinski definition) is 1. The Morgan fingerprint density at radius 3 is 2.88 bits per heavy atom. The second-order valence-corrected chi connectivity index (χ2v) is 7.21. The van der Waals surface area contributed by atoms with E-state index in [2.05, 4.69) is 10.4 Å². The summed E-state index contributed by atoms with van der Waals surface area (Å²) in [6.07, 6.45) is 1.52. The molecule has 1 aromatic carbocycles. The van der Waals surface area contributed by atoms with Crippen LogP contribution in [0.2, 0.25) is 5.02 Å². The van der Waals surface area contributed by atoms with Crippen molar-refractivity contribution in [1.29, 1.82) is 0 Å². The van der Waals surface area contributed by atoms with Crippen molar-refractivity contribution in [3.05, 3.63) is 45.3 Å². The first kappa shape index (κ1) is 18.5. The smallest absolute Gasteiger partial charge is 0.292 e. The van der Waals surface area contributed by atoms with Crippen molar-refractivity contribution in [2.75, 3.05) is 22.5 Å². The lowest BCUT2D eigenvalue weighted by atomic mass is 10.2. The third-order valence-electron chi connectivity index (χ3n) is 3.99. The van der Waals surface area contributed by atoms with Crippen LogP contribution < -0.4 is 15.8 Å². The van der Waals surface area contributed by atoms with Crippen LogP contribution >= 0.6 is 23.4 Å². The Hall–Kier alpha value is -2.32. The molecule has 1 aliphatic heterocycles. The molecule has 0 atom stereocenters. The monoisotopic (exact) mass is 392 g/mol. The average molecular weight is 393 g/mol. The van der Waals surface area contributed by atoms with Crippen molar-refractivity contribution < 1.29 is 9.59 Å². The fraction of sp³-hybridized carbons (Fsp3) is 0.294. The molecule has 2 aromatic rings. The highest BCUT2D eigenvalue weighted by atomic mass is 35.5. The molecule has 0 bridgehead atoms. The van der Waals surface area contributed by atoms with Crippen molar-refractivity contribution in [2.45, 2.75) is 25.3 Å². The van der Waals surface area contributed by atoms with E-state index in [9.17, 15) is 14.4 Å². The van der Waals surface area contributed by atoms with E-state index in [0.29, 0.717) is 22.2 Å². The molecule has 0 saturated heterocycles. The van der Waals surface area contributed by atoms with Gasteiger partial charge in [-0.1, -0.05) is 17.7 Å². The largest absolute Gasteiger partial charge is 0.324 e. The van der Waals surface area contributed by atoms with E-state index >= 15 is 0 Å². The van der Waals surface area contributed by atoms with Gasteiger partial charge in [0.2, 0.25) is 11.8 Å². The van der Waals surface area contributed by atoms with Gasteiger partial charge in [0.1, 0.15) is 12.2 Å². The predicted octanol–water partition coefficient (Wildman–Crippen LogP) is 2.30. The van der Waals surface area contributed by atoms with E-state index in [1.165, 1.54) is 22.9 Å². The zero-order valence-electron chi connectivity index (χ0n) is 14.3. The van der Waals surface area contributed by atoms with Crippen LogP contribution in [0.4, 0.5) is 11.4 Å². The van der Waals surface area contributed by atoms with Gasteiger partial charge >= 0.3 is 0 Å². The summed E-state index contributed by atoms with van der Waals surface area (Å²) in [6.45, 7) is 3.78. The van der Waals surface area contributed by atoms with Crippen LogP contribution in [-0.2, 0) is 16.1 Å². The number of carbonyl (C=O) groups is 2. The molecule has 0 aliphatic carbocycles. The molecule has 0 saturated carbocycles. The van der Waals surface area contributed by atoms with Gasteiger partial charge in [-0.2, -0.15) is 5.10 Å². The van der Waals surface area contributed by atoms with Gasteiger partial charge in [-0.15, -0.1) is 11.8 Å². The highest BCUT2D eigenvalue weighted by Gasteiger charge is 2.28. The fourth-order valence-electron chi connectivity index (χ4n) is 2.66. The lowest BCUT2D eigenvalue weighted by Gasteiger charge is -2.27. The number of amides is 2. The standard InChI is InChI=1S/C17H17ClN4O3S/c1-3-21-15(24)9-26-13-7-19-22(17(25)16(13)21)8-14(23)20-12-6-11(18)5-4-10(12)2/h4-7H,3,8-9H2,1-2H3,(H,20,23). The fourth-order valence-corrected chi connectivity index (χ4v) is 3.72. The second-order valence-electron chi connectivity index (χ2n) is 5.75. The molecular formula is C17H17ClN4O3S. The Bertz CT molecular complexity index is 944. The van der Waals surface area contributed by atoms with Crippen LogP contribution in [0.1, 0.15) is 12.5 Å². The van der Waals surface area contributed by atoms with Gasteiger partial charge in [-0.05, 0) is 31.5 Å². The maximum Gasteiger partial charge on any atom is 0.292 e. The SMILES string of the molecule is CCN1C(=O)CSc2cnn(CC(=O)Nc3cc(Cl)ccc3C)c(=O)c21. The molecule has 3 rings (SSSR count). The first-order chi connectivity index (χ1) is 12.4. The van der Waals surface area contributed by atoms with Gasteiger partial charge in [0.15, 0.2) is 0 Å². The third-order valence-corrected chi connectivity index (χ3v) is 5.23. The molecular weight excluding hydrogens is 376 g/mol. The first-order valence-corrected chi connectivity index (χ1v) is 9.36. The van der Waals surface area contributed by atoms with Gasteiger partial charge in [-0.3, -0.25) is 14.4 Å². The second kappa shape index (κ2) is 7.51. The number of nitrogens with one attached hydrogen (secondary N) is 1. The van der Waals surface area contributed by atoms with Gasteiger partial charge in [0, 0.05) is 17.3 Å². The minimum absolute atomic E-state index is 0.126. The zero-order chi connectivity index (χ0) is 18.8. The molecule has 9 heteroatoms. The quantitative estimate of drug-likeness (QED) is 0.863. The number of halogens is 1. The van der Waals surface area contributed by atoms with Crippen molar-refractivity contribution >= 4 is 46.6 Å². The predicted molar refractivity (Wildman–Crippen MR) is 102 cm³/mol. The molecule has 2 amide bonds. The van der Waals surface area contributed by atoms with Crippen LogP contribution in [0, 0.1) is 6.92 Å². The average Bonchev–Trinajstić information content (AvgIpc) is 2.61. The first-order valence-electron chi connectivity index (χ1n) is 8.00. The number of aromatic nitrogens is 2. The number of benzene rings is 1. The summed E-state index contributed by atoms with van der Waals surface area (Å²) in [5.41, 5.74) is 1.26. The van der Waals surface area contributed by atoms with Crippen LogP contribution in [0.25, 0.3) is 0 Å². The molecule has 7 nitrogen and oxygen atoms in total. The molecule has 1 N–H and O–H groups in total. The van der Waals surface area contributed by atoms with Crippen molar-refractivity contribution in [3.8, 4) is 0 Å². The third kappa shape index (κ3) is 3.61. The minimum Gasteiger partial charge on any atom is -0.324 e. The van der Waals surface area contributed by atoms with E-state index in [1.807, 2.05) is 6.92 Å². The van der Waals surface area contributed by atoms with Crippen LogP contribution in [-0.4, -0.2) is 33.9 Å². The lowest BCUT2D eigenvalue weighted by molar-refractivity contribution is -0.117. The highest BCUT2D eigenvalue weighted by molar-refractivity contribution is 8.00. The summed E-state index contributed by atoms with van der Waals surface area (Å²) in [7, 11) is 0. The molecule has 0 radical (unpaired) electrons. The lowest BCUT2D eigenvalue weighted by Crippen LogP contribution is -2.42. The van der Waals surface area contributed by atoms with Crippen molar-refractivity contribution in [2.24, 2.45) is 0 Å². The topological polar surface area (TPSA) is 84.3 Å². The molecule has 136 valence electrons. The van der Waals surface area contributed by atoms with Crippen molar-refractivity contribution in [3.63, 3.8) is 0 Å². The Kier molecular flexibility index (Phi) is 5.33. The van der Waals surface area contributed by atoms with Gasteiger partial charge in [-0.25, -0.2) is 4.68 Å². The van der Waals surface area contributed by atoms with Crippen LogP contribution in [0.15, 0.2) is 34.1 Å². The van der Waals surface area contributed by atoms with E-state index in [-0.39, 0.29) is 23.9 Å². The molecule has 0 spiro atoms. The number of anilines is 2. The van der Waals surface area contributed by atoms with Crippen molar-refractivity contribution in [1.82, 2.24) is 9.78 Å². The number of aryl methyl sites for hydroxylation is 1. The van der Waals surface area contributed by atoms with Crippen LogP contribution in [0.3, 0.4) is 0 Å².